The summed E-state index contributed by atoms with van der Waals surface area (Å²) in [5.41, 5.74) is 8.55. The summed E-state index contributed by atoms with van der Waals surface area (Å²) in [7, 11) is 0. The van der Waals surface area contributed by atoms with E-state index in [1.54, 1.807) is 0 Å². The standard InChI is InChI=1S/C20H30N4O2/c1-13(2)19-18(10-22-23-20(19)25)24-11-14-5-6-16(8-15(14)12-24)26-17-4-3-7-21-9-17/h5-6,8,13,17-19,21-22H,3-4,7,9-12H2,1-2H3,(H,23,25)/t17-,18?,19?/m1/s1. The molecule has 6 heteroatoms. The van der Waals surface area contributed by atoms with Gasteiger partial charge in [0.1, 0.15) is 11.9 Å². The van der Waals surface area contributed by atoms with Crippen molar-refractivity contribution in [3.8, 4) is 5.75 Å². The lowest BCUT2D eigenvalue weighted by atomic mass is 9.85. The number of carbonyl (C=O) groups excluding carboxylic acids is 1. The summed E-state index contributed by atoms with van der Waals surface area (Å²) in [6.07, 6.45) is 2.57. The molecule has 2 unspecified atom stereocenters. The molecular weight excluding hydrogens is 328 g/mol. The predicted molar refractivity (Wildman–Crippen MR) is 100 cm³/mol. The van der Waals surface area contributed by atoms with Crippen molar-refractivity contribution in [2.45, 2.75) is 51.9 Å². The van der Waals surface area contributed by atoms with Gasteiger partial charge in [-0.1, -0.05) is 19.9 Å². The molecular formula is C20H30N4O2. The van der Waals surface area contributed by atoms with Crippen LogP contribution >= 0.6 is 0 Å². The molecule has 0 bridgehead atoms. The molecule has 3 aliphatic rings. The first-order valence-electron chi connectivity index (χ1n) is 9.88. The molecule has 2 fully saturated rings. The van der Waals surface area contributed by atoms with E-state index in [1.807, 2.05) is 0 Å². The van der Waals surface area contributed by atoms with Gasteiger partial charge in [0, 0.05) is 32.2 Å². The number of amides is 1. The van der Waals surface area contributed by atoms with E-state index in [9.17, 15) is 4.79 Å². The van der Waals surface area contributed by atoms with E-state index >= 15 is 0 Å². The number of benzene rings is 1. The van der Waals surface area contributed by atoms with Crippen LogP contribution in [0.2, 0.25) is 0 Å². The van der Waals surface area contributed by atoms with E-state index in [1.165, 1.54) is 17.5 Å². The zero-order valence-electron chi connectivity index (χ0n) is 15.8. The van der Waals surface area contributed by atoms with Crippen molar-refractivity contribution in [1.82, 2.24) is 21.1 Å². The molecule has 0 radical (unpaired) electrons. The first-order chi connectivity index (χ1) is 12.6. The number of ether oxygens (including phenoxy) is 1. The zero-order valence-corrected chi connectivity index (χ0v) is 15.8. The normalized spacial score (nSPS) is 29.5. The van der Waals surface area contributed by atoms with Crippen LogP contribution in [-0.4, -0.2) is 42.6 Å². The summed E-state index contributed by atoms with van der Waals surface area (Å²) in [5.74, 6) is 1.43. The molecule has 6 nitrogen and oxygen atoms in total. The van der Waals surface area contributed by atoms with Crippen molar-refractivity contribution in [3.63, 3.8) is 0 Å². The first kappa shape index (κ1) is 17.8. The van der Waals surface area contributed by atoms with E-state index in [0.717, 1.165) is 44.9 Å². The van der Waals surface area contributed by atoms with Gasteiger partial charge in [-0.15, -0.1) is 0 Å². The molecule has 3 atom stereocenters. The lowest BCUT2D eigenvalue weighted by Gasteiger charge is -2.39. The zero-order chi connectivity index (χ0) is 18.1. The third-order valence-electron chi connectivity index (χ3n) is 5.91. The summed E-state index contributed by atoms with van der Waals surface area (Å²) in [4.78, 5) is 14.8. The number of fused-ring (bicyclic) bond motifs is 1. The minimum atomic E-state index is 0.0228. The highest BCUT2D eigenvalue weighted by molar-refractivity contribution is 5.80. The quantitative estimate of drug-likeness (QED) is 0.759. The van der Waals surface area contributed by atoms with Crippen LogP contribution in [0.15, 0.2) is 18.2 Å². The van der Waals surface area contributed by atoms with E-state index in [4.69, 9.17) is 4.74 Å². The van der Waals surface area contributed by atoms with Crippen molar-refractivity contribution < 1.29 is 9.53 Å². The Morgan fingerprint density at radius 3 is 2.81 bits per heavy atom. The van der Waals surface area contributed by atoms with Gasteiger partial charge in [-0.05, 0) is 48.6 Å². The summed E-state index contributed by atoms with van der Waals surface area (Å²) in [6.45, 7) is 8.88. The van der Waals surface area contributed by atoms with Crippen LogP contribution in [0, 0.1) is 11.8 Å². The Hall–Kier alpha value is -1.63. The Labute approximate surface area is 155 Å². The van der Waals surface area contributed by atoms with Crippen LogP contribution in [0.1, 0.15) is 37.8 Å². The highest BCUT2D eigenvalue weighted by atomic mass is 16.5. The number of hydrogen-bond donors (Lipinski definition) is 3. The largest absolute Gasteiger partial charge is 0.489 e. The van der Waals surface area contributed by atoms with Gasteiger partial charge in [-0.2, -0.15) is 0 Å². The molecule has 3 heterocycles. The minimum absolute atomic E-state index is 0.0228. The molecule has 3 aliphatic heterocycles. The second kappa shape index (κ2) is 7.55. The maximum Gasteiger partial charge on any atom is 0.239 e. The second-order valence-corrected chi connectivity index (χ2v) is 8.13. The van der Waals surface area contributed by atoms with Crippen LogP contribution < -0.4 is 20.9 Å². The number of carbonyl (C=O) groups is 1. The van der Waals surface area contributed by atoms with Crippen molar-refractivity contribution in [2.75, 3.05) is 19.6 Å². The van der Waals surface area contributed by atoms with Crippen molar-refractivity contribution in [3.05, 3.63) is 29.3 Å². The summed E-state index contributed by atoms with van der Waals surface area (Å²) >= 11 is 0. The van der Waals surface area contributed by atoms with E-state index in [2.05, 4.69) is 53.1 Å². The summed E-state index contributed by atoms with van der Waals surface area (Å²) in [5, 5.41) is 3.40. The van der Waals surface area contributed by atoms with Crippen LogP contribution in [-0.2, 0) is 17.9 Å². The molecule has 0 saturated carbocycles. The Balaban J connectivity index is 1.45. The van der Waals surface area contributed by atoms with Crippen LogP contribution in [0.5, 0.6) is 5.75 Å². The van der Waals surface area contributed by atoms with Crippen molar-refractivity contribution in [2.24, 2.45) is 11.8 Å². The Kier molecular flexibility index (Phi) is 5.16. The van der Waals surface area contributed by atoms with Gasteiger partial charge >= 0.3 is 0 Å². The molecule has 142 valence electrons. The number of piperidine rings is 1. The maximum absolute atomic E-state index is 12.3. The Morgan fingerprint density at radius 2 is 2.04 bits per heavy atom. The van der Waals surface area contributed by atoms with Crippen LogP contribution in [0.4, 0.5) is 0 Å². The van der Waals surface area contributed by atoms with Crippen molar-refractivity contribution >= 4 is 5.91 Å². The van der Waals surface area contributed by atoms with Gasteiger partial charge in [0.2, 0.25) is 5.91 Å². The van der Waals surface area contributed by atoms with Gasteiger partial charge in [-0.25, -0.2) is 5.43 Å². The molecule has 1 aromatic carbocycles. The van der Waals surface area contributed by atoms with E-state index < -0.39 is 0 Å². The van der Waals surface area contributed by atoms with Crippen molar-refractivity contribution in [1.29, 1.82) is 0 Å². The number of nitrogens with zero attached hydrogens (tertiary/aromatic N) is 1. The monoisotopic (exact) mass is 358 g/mol. The molecule has 0 aliphatic carbocycles. The molecule has 0 aromatic heterocycles. The highest BCUT2D eigenvalue weighted by Crippen LogP contribution is 2.32. The smallest absolute Gasteiger partial charge is 0.239 e. The lowest BCUT2D eigenvalue weighted by molar-refractivity contribution is -0.133. The van der Waals surface area contributed by atoms with Gasteiger partial charge in [0.15, 0.2) is 0 Å². The Bertz CT molecular complexity index is 657. The second-order valence-electron chi connectivity index (χ2n) is 8.13. The molecule has 3 N–H and O–H groups in total. The average molecular weight is 358 g/mol. The summed E-state index contributed by atoms with van der Waals surface area (Å²) in [6, 6.07) is 6.72. The van der Waals surface area contributed by atoms with E-state index in [-0.39, 0.29) is 24.0 Å². The molecule has 26 heavy (non-hydrogen) atoms. The van der Waals surface area contributed by atoms with E-state index in [0.29, 0.717) is 5.92 Å². The third-order valence-corrected chi connectivity index (χ3v) is 5.91. The molecule has 2 saturated heterocycles. The maximum atomic E-state index is 12.3. The fourth-order valence-electron chi connectivity index (χ4n) is 4.55. The van der Waals surface area contributed by atoms with Gasteiger partial charge < -0.3 is 10.1 Å². The predicted octanol–water partition coefficient (Wildman–Crippen LogP) is 1.41. The van der Waals surface area contributed by atoms with Gasteiger partial charge in [0.05, 0.1) is 5.92 Å². The van der Waals surface area contributed by atoms with Gasteiger partial charge in [0.25, 0.3) is 0 Å². The fourth-order valence-corrected chi connectivity index (χ4v) is 4.55. The molecule has 4 rings (SSSR count). The average Bonchev–Trinajstić information content (AvgIpc) is 3.05. The molecule has 1 amide bonds. The number of hydrazine groups is 1. The number of rotatable bonds is 4. The SMILES string of the molecule is CC(C)C1C(=O)NNCC1N1Cc2ccc(O[C@@H]3CCCNC3)cc2C1. The lowest BCUT2D eigenvalue weighted by Crippen LogP contribution is -2.61. The fraction of sp³-hybridized carbons (Fsp3) is 0.650. The minimum Gasteiger partial charge on any atom is -0.489 e. The third kappa shape index (κ3) is 3.59. The highest BCUT2D eigenvalue weighted by Gasteiger charge is 2.39. The molecule has 1 aromatic rings. The Morgan fingerprint density at radius 1 is 1.19 bits per heavy atom. The topological polar surface area (TPSA) is 65.6 Å². The number of hydrogen-bond acceptors (Lipinski definition) is 5. The number of nitrogens with one attached hydrogen (secondary N) is 3. The first-order valence-corrected chi connectivity index (χ1v) is 9.88. The van der Waals surface area contributed by atoms with Gasteiger partial charge in [-0.3, -0.25) is 15.1 Å². The van der Waals surface area contributed by atoms with Crippen LogP contribution in [0.25, 0.3) is 0 Å². The van der Waals surface area contributed by atoms with Crippen LogP contribution in [0.3, 0.4) is 0 Å². The molecule has 0 spiro atoms. The summed E-state index contributed by atoms with van der Waals surface area (Å²) < 4.78 is 6.18.